The summed E-state index contributed by atoms with van der Waals surface area (Å²) in [5.41, 5.74) is 4.93. The van der Waals surface area contributed by atoms with Gasteiger partial charge in [-0.3, -0.25) is 0 Å². The smallest absolute Gasteiger partial charge is 0.258 e. The lowest BCUT2D eigenvalue weighted by molar-refractivity contribution is 0.331. The lowest BCUT2D eigenvalue weighted by Gasteiger charge is -2.21. The summed E-state index contributed by atoms with van der Waals surface area (Å²) >= 11 is 0. The Morgan fingerprint density at radius 1 is 1.00 bits per heavy atom. The van der Waals surface area contributed by atoms with Crippen LogP contribution in [0.5, 0.6) is 0 Å². The van der Waals surface area contributed by atoms with Gasteiger partial charge in [-0.2, -0.15) is 4.98 Å². The van der Waals surface area contributed by atoms with Crippen molar-refractivity contribution in [2.75, 3.05) is 0 Å². The highest BCUT2D eigenvalue weighted by molar-refractivity contribution is 5.80. The molecule has 136 valence electrons. The van der Waals surface area contributed by atoms with Crippen LogP contribution in [-0.2, 0) is 0 Å². The average molecular weight is 359 g/mol. The van der Waals surface area contributed by atoms with Gasteiger partial charge in [0.05, 0.1) is 11.6 Å². The maximum Gasteiger partial charge on any atom is 0.258 e. The third-order valence-electron chi connectivity index (χ3n) is 5.34. The van der Waals surface area contributed by atoms with E-state index in [1.807, 2.05) is 43.3 Å². The molecule has 1 saturated carbocycles. The number of fused-ring (bicyclic) bond motifs is 1. The fourth-order valence-corrected chi connectivity index (χ4v) is 3.91. The summed E-state index contributed by atoms with van der Waals surface area (Å²) in [5.74, 6) is 1.10. The Labute approximate surface area is 157 Å². The van der Waals surface area contributed by atoms with Crippen LogP contribution in [0, 0.1) is 6.92 Å². The van der Waals surface area contributed by atoms with Gasteiger partial charge in [0.15, 0.2) is 0 Å². The number of aryl methyl sites for hydroxylation is 1. The van der Waals surface area contributed by atoms with Gasteiger partial charge in [0.25, 0.3) is 5.89 Å². The lowest BCUT2D eigenvalue weighted by atomic mass is 9.95. The summed E-state index contributed by atoms with van der Waals surface area (Å²) in [6.45, 7) is 2.05. The molecule has 27 heavy (non-hydrogen) atoms. The quantitative estimate of drug-likeness (QED) is 0.517. The molecule has 0 spiro atoms. The molecule has 2 aromatic carbocycles. The minimum Gasteiger partial charge on any atom is -0.334 e. The van der Waals surface area contributed by atoms with E-state index in [9.17, 15) is 0 Å². The van der Waals surface area contributed by atoms with Crippen molar-refractivity contribution in [3.05, 3.63) is 48.0 Å². The topological polar surface area (TPSA) is 69.6 Å². The van der Waals surface area contributed by atoms with Crippen molar-refractivity contribution in [1.29, 1.82) is 0 Å². The van der Waals surface area contributed by atoms with Crippen molar-refractivity contribution in [2.45, 2.75) is 45.1 Å². The molecule has 0 saturated heterocycles. The molecule has 2 aromatic heterocycles. The van der Waals surface area contributed by atoms with Crippen LogP contribution in [0.4, 0.5) is 0 Å². The molecule has 0 bridgehead atoms. The fourth-order valence-electron chi connectivity index (χ4n) is 3.91. The summed E-state index contributed by atoms with van der Waals surface area (Å²) in [7, 11) is 0. The zero-order valence-corrected chi connectivity index (χ0v) is 15.3. The van der Waals surface area contributed by atoms with Crippen LogP contribution < -0.4 is 0 Å². The summed E-state index contributed by atoms with van der Waals surface area (Å²) in [6, 6.07) is 14.6. The van der Waals surface area contributed by atoms with Gasteiger partial charge in [-0.1, -0.05) is 53.4 Å². The van der Waals surface area contributed by atoms with E-state index < -0.39 is 0 Å². The minimum absolute atomic E-state index is 0.464. The molecule has 0 N–H and O–H groups in total. The number of aromatic nitrogens is 5. The highest BCUT2D eigenvalue weighted by Crippen LogP contribution is 2.31. The van der Waals surface area contributed by atoms with Crippen molar-refractivity contribution in [1.82, 2.24) is 25.1 Å². The Hall–Kier alpha value is -3.02. The van der Waals surface area contributed by atoms with E-state index >= 15 is 0 Å². The molecule has 4 aromatic rings. The van der Waals surface area contributed by atoms with E-state index in [-0.39, 0.29) is 0 Å². The van der Waals surface area contributed by atoms with E-state index in [0.29, 0.717) is 17.8 Å². The third kappa shape index (κ3) is 3.01. The molecule has 0 amide bonds. The highest BCUT2D eigenvalue weighted by atomic mass is 16.5. The molecule has 6 nitrogen and oxygen atoms in total. The first-order valence-corrected chi connectivity index (χ1v) is 9.54. The first kappa shape index (κ1) is 16.2. The lowest BCUT2D eigenvalue weighted by Crippen LogP contribution is -2.14. The van der Waals surface area contributed by atoms with Gasteiger partial charge >= 0.3 is 0 Å². The second-order valence-corrected chi connectivity index (χ2v) is 7.32. The second kappa shape index (κ2) is 6.61. The summed E-state index contributed by atoms with van der Waals surface area (Å²) < 4.78 is 7.59. The molecule has 0 unspecified atom stereocenters. The molecular formula is C21H21N5O. The van der Waals surface area contributed by atoms with Gasteiger partial charge in [-0.15, -0.1) is 5.10 Å². The minimum atomic E-state index is 0.464. The maximum atomic E-state index is 5.50. The zero-order chi connectivity index (χ0) is 18.2. The van der Waals surface area contributed by atoms with Gasteiger partial charge in [-0.25, -0.2) is 4.68 Å². The van der Waals surface area contributed by atoms with Gasteiger partial charge < -0.3 is 4.52 Å². The van der Waals surface area contributed by atoms with E-state index in [4.69, 9.17) is 4.52 Å². The van der Waals surface area contributed by atoms with Crippen LogP contribution >= 0.6 is 0 Å². The molecule has 2 heterocycles. The van der Waals surface area contributed by atoms with Crippen molar-refractivity contribution in [3.63, 3.8) is 0 Å². The van der Waals surface area contributed by atoms with Crippen LogP contribution in [0.1, 0.15) is 43.7 Å². The second-order valence-electron chi connectivity index (χ2n) is 7.32. The van der Waals surface area contributed by atoms with E-state index in [0.717, 1.165) is 22.2 Å². The van der Waals surface area contributed by atoms with Crippen LogP contribution in [-0.4, -0.2) is 25.1 Å². The zero-order valence-electron chi connectivity index (χ0n) is 15.3. The summed E-state index contributed by atoms with van der Waals surface area (Å²) in [4.78, 5) is 4.56. The van der Waals surface area contributed by atoms with Gasteiger partial charge in [0, 0.05) is 11.1 Å². The third-order valence-corrected chi connectivity index (χ3v) is 5.34. The molecule has 0 radical (unpaired) electrons. The van der Waals surface area contributed by atoms with E-state index in [1.54, 1.807) is 0 Å². The first-order chi connectivity index (χ1) is 13.3. The van der Waals surface area contributed by atoms with Crippen LogP contribution in [0.25, 0.3) is 33.9 Å². The molecule has 1 fully saturated rings. The average Bonchev–Trinajstić information content (AvgIpc) is 3.36. The van der Waals surface area contributed by atoms with Gasteiger partial charge in [0.2, 0.25) is 5.82 Å². The van der Waals surface area contributed by atoms with Gasteiger partial charge in [-0.05, 0) is 44.0 Å². The fraction of sp³-hybridized carbons (Fsp3) is 0.333. The molecule has 1 aliphatic carbocycles. The van der Waals surface area contributed by atoms with E-state index in [2.05, 4.69) is 31.2 Å². The standard InChI is InChI=1S/C21H21N5O/c1-14-6-5-7-15(12-14)20-22-21(27-24-20)16-10-11-19-18(13-16)23-25-26(19)17-8-3-2-4-9-17/h5-7,10-13,17H,2-4,8-9H2,1H3. The van der Waals surface area contributed by atoms with Crippen molar-refractivity contribution in [2.24, 2.45) is 0 Å². The number of nitrogens with zero attached hydrogens (tertiary/aromatic N) is 5. The van der Waals surface area contributed by atoms with Crippen molar-refractivity contribution in [3.8, 4) is 22.8 Å². The first-order valence-electron chi connectivity index (χ1n) is 9.54. The Bertz CT molecular complexity index is 1090. The van der Waals surface area contributed by atoms with Crippen molar-refractivity contribution >= 4 is 11.0 Å². The highest BCUT2D eigenvalue weighted by Gasteiger charge is 2.19. The molecule has 1 aliphatic rings. The largest absolute Gasteiger partial charge is 0.334 e. The Kier molecular flexibility index (Phi) is 3.96. The Balaban J connectivity index is 1.47. The van der Waals surface area contributed by atoms with Crippen molar-refractivity contribution < 1.29 is 4.52 Å². The van der Waals surface area contributed by atoms with E-state index in [1.165, 1.54) is 37.7 Å². The monoisotopic (exact) mass is 359 g/mol. The summed E-state index contributed by atoms with van der Waals surface area (Å²) in [5, 5.41) is 12.9. The predicted molar refractivity (Wildman–Crippen MR) is 103 cm³/mol. The van der Waals surface area contributed by atoms with Crippen LogP contribution in [0.15, 0.2) is 47.0 Å². The summed E-state index contributed by atoms with van der Waals surface area (Å²) in [6.07, 6.45) is 6.24. The number of rotatable bonds is 3. The molecule has 5 rings (SSSR count). The molecular weight excluding hydrogens is 338 g/mol. The molecule has 6 heteroatoms. The number of benzene rings is 2. The van der Waals surface area contributed by atoms with Crippen LogP contribution in [0.2, 0.25) is 0 Å². The Morgan fingerprint density at radius 3 is 2.74 bits per heavy atom. The number of hydrogen-bond acceptors (Lipinski definition) is 5. The normalized spacial score (nSPS) is 15.4. The predicted octanol–water partition coefficient (Wildman–Crippen LogP) is 4.96. The SMILES string of the molecule is Cc1cccc(-c2noc(-c3ccc4c(c3)nnn4C3CCCCC3)n2)c1. The maximum absolute atomic E-state index is 5.50. The molecule has 0 aliphatic heterocycles. The molecule has 0 atom stereocenters. The Morgan fingerprint density at radius 2 is 1.89 bits per heavy atom. The number of hydrogen-bond donors (Lipinski definition) is 0. The van der Waals surface area contributed by atoms with Gasteiger partial charge in [0.1, 0.15) is 5.52 Å². The van der Waals surface area contributed by atoms with Crippen LogP contribution in [0.3, 0.4) is 0 Å².